The Labute approximate surface area is 72.9 Å². The maximum atomic E-state index is 5.16. The first kappa shape index (κ1) is 9.19. The van der Waals surface area contributed by atoms with E-state index in [0.29, 0.717) is 6.61 Å². The first-order valence-corrected chi connectivity index (χ1v) is 3.88. The molecule has 0 amide bonds. The Morgan fingerprint density at radius 3 is 2.50 bits per heavy atom. The third-order valence-corrected chi connectivity index (χ3v) is 1.33. The average Bonchev–Trinajstić information content (AvgIpc) is 2.05. The summed E-state index contributed by atoms with van der Waals surface area (Å²) in [4.78, 5) is 5.16. The van der Waals surface area contributed by atoms with E-state index in [1.54, 1.807) is 5.01 Å². The van der Waals surface area contributed by atoms with Crippen LogP contribution < -0.4 is 5.59 Å². The van der Waals surface area contributed by atoms with Crippen LogP contribution in [0.3, 0.4) is 0 Å². The molecule has 0 bridgehead atoms. The number of nitrogens with zero attached hydrogens (tertiary/aromatic N) is 1. The summed E-state index contributed by atoms with van der Waals surface area (Å²) in [7, 11) is 3.76. The normalized spacial score (nSPS) is 10.6. The minimum Gasteiger partial charge on any atom is -0.282 e. The van der Waals surface area contributed by atoms with E-state index >= 15 is 0 Å². The molecule has 1 aromatic carbocycles. The van der Waals surface area contributed by atoms with Crippen LogP contribution in [0.2, 0.25) is 0 Å². The molecule has 0 saturated heterocycles. The quantitative estimate of drug-likeness (QED) is 0.680. The summed E-state index contributed by atoms with van der Waals surface area (Å²) in [5.41, 5.74) is 3.89. The molecule has 0 heterocycles. The number of nitrogens with one attached hydrogen (secondary N) is 1. The number of benzene rings is 1. The highest BCUT2D eigenvalue weighted by atomic mass is 16.7. The van der Waals surface area contributed by atoms with Gasteiger partial charge in [-0.1, -0.05) is 30.3 Å². The van der Waals surface area contributed by atoms with Crippen molar-refractivity contribution in [1.82, 2.24) is 10.6 Å². The molecule has 3 heteroatoms. The van der Waals surface area contributed by atoms with Crippen molar-refractivity contribution in [3.63, 3.8) is 0 Å². The van der Waals surface area contributed by atoms with E-state index in [4.69, 9.17) is 4.84 Å². The van der Waals surface area contributed by atoms with Crippen LogP contribution in [0.25, 0.3) is 0 Å². The van der Waals surface area contributed by atoms with Gasteiger partial charge in [-0.15, -0.1) is 5.59 Å². The fourth-order valence-corrected chi connectivity index (χ4v) is 0.819. The highest BCUT2D eigenvalue weighted by Gasteiger charge is 1.90. The van der Waals surface area contributed by atoms with Gasteiger partial charge in [-0.3, -0.25) is 4.84 Å². The van der Waals surface area contributed by atoms with Gasteiger partial charge in [0.1, 0.15) is 0 Å². The van der Waals surface area contributed by atoms with Crippen molar-refractivity contribution >= 4 is 0 Å². The molecular formula is C9H14N2O. The van der Waals surface area contributed by atoms with Crippen LogP contribution >= 0.6 is 0 Å². The lowest BCUT2D eigenvalue weighted by molar-refractivity contribution is -0.0694. The van der Waals surface area contributed by atoms with Crippen LogP contribution in [0.1, 0.15) is 5.56 Å². The molecule has 0 aromatic heterocycles. The van der Waals surface area contributed by atoms with Gasteiger partial charge in [0.25, 0.3) is 0 Å². The highest BCUT2D eigenvalue weighted by Crippen LogP contribution is 1.98. The van der Waals surface area contributed by atoms with Crippen molar-refractivity contribution in [3.05, 3.63) is 35.9 Å². The predicted molar refractivity (Wildman–Crippen MR) is 48.1 cm³/mol. The predicted octanol–water partition coefficient (Wildman–Crippen LogP) is 1.18. The molecule has 3 nitrogen and oxygen atoms in total. The summed E-state index contributed by atoms with van der Waals surface area (Å²) in [6.07, 6.45) is 0. The van der Waals surface area contributed by atoms with E-state index < -0.39 is 0 Å². The lowest BCUT2D eigenvalue weighted by atomic mass is 10.2. The molecule has 12 heavy (non-hydrogen) atoms. The fraction of sp³-hybridized carbons (Fsp3) is 0.333. The van der Waals surface area contributed by atoms with Gasteiger partial charge >= 0.3 is 0 Å². The third-order valence-electron chi connectivity index (χ3n) is 1.33. The average molecular weight is 166 g/mol. The van der Waals surface area contributed by atoms with Crippen molar-refractivity contribution in [2.75, 3.05) is 14.1 Å². The Bertz CT molecular complexity index is 211. The van der Waals surface area contributed by atoms with E-state index in [1.165, 1.54) is 0 Å². The molecular weight excluding hydrogens is 152 g/mol. The second-order valence-corrected chi connectivity index (χ2v) is 2.76. The Kier molecular flexibility index (Phi) is 3.73. The van der Waals surface area contributed by atoms with Gasteiger partial charge in [0.05, 0.1) is 6.61 Å². The molecule has 0 aliphatic rings. The summed E-state index contributed by atoms with van der Waals surface area (Å²) in [5, 5.41) is 1.75. The number of hydrogen-bond donors (Lipinski definition) is 1. The Hall–Kier alpha value is -0.900. The van der Waals surface area contributed by atoms with Crippen molar-refractivity contribution < 1.29 is 4.84 Å². The molecule has 0 saturated carbocycles. The van der Waals surface area contributed by atoms with Crippen molar-refractivity contribution in [2.24, 2.45) is 0 Å². The summed E-state index contributed by atoms with van der Waals surface area (Å²) in [5.74, 6) is 0. The van der Waals surface area contributed by atoms with Crippen LogP contribution in [-0.4, -0.2) is 19.1 Å². The first-order valence-electron chi connectivity index (χ1n) is 3.88. The fourth-order valence-electron chi connectivity index (χ4n) is 0.819. The van der Waals surface area contributed by atoms with Crippen LogP contribution in [0, 0.1) is 0 Å². The minimum absolute atomic E-state index is 0.582. The molecule has 1 aromatic rings. The molecule has 0 atom stereocenters. The Morgan fingerprint density at radius 2 is 1.92 bits per heavy atom. The number of hydrogen-bond acceptors (Lipinski definition) is 3. The van der Waals surface area contributed by atoms with Gasteiger partial charge in [0, 0.05) is 14.1 Å². The van der Waals surface area contributed by atoms with Crippen molar-refractivity contribution in [1.29, 1.82) is 0 Å². The number of hydrazine groups is 1. The largest absolute Gasteiger partial charge is 0.282 e. The standard InChI is InChI=1S/C9H14N2O/c1-11(2)10-12-8-9-6-4-3-5-7-9/h3-7,10H,8H2,1-2H3. The maximum absolute atomic E-state index is 5.16. The Morgan fingerprint density at radius 1 is 1.25 bits per heavy atom. The van der Waals surface area contributed by atoms with Crippen LogP contribution in [0.15, 0.2) is 30.3 Å². The lowest BCUT2D eigenvalue weighted by Crippen LogP contribution is -2.30. The minimum atomic E-state index is 0.582. The number of rotatable bonds is 4. The maximum Gasteiger partial charge on any atom is 0.0949 e. The van der Waals surface area contributed by atoms with Gasteiger partial charge in [-0.25, -0.2) is 5.01 Å². The van der Waals surface area contributed by atoms with Gasteiger partial charge in [0.2, 0.25) is 0 Å². The van der Waals surface area contributed by atoms with Crippen LogP contribution in [-0.2, 0) is 11.4 Å². The van der Waals surface area contributed by atoms with Gasteiger partial charge < -0.3 is 0 Å². The molecule has 0 radical (unpaired) electrons. The summed E-state index contributed by atoms with van der Waals surface area (Å²) in [6, 6.07) is 10.0. The molecule has 0 fully saturated rings. The zero-order valence-electron chi connectivity index (χ0n) is 7.45. The molecule has 0 spiro atoms. The molecule has 0 unspecified atom stereocenters. The third kappa shape index (κ3) is 3.48. The van der Waals surface area contributed by atoms with E-state index in [2.05, 4.69) is 5.59 Å². The lowest BCUT2D eigenvalue weighted by Gasteiger charge is -2.11. The van der Waals surface area contributed by atoms with E-state index in [-0.39, 0.29) is 0 Å². The van der Waals surface area contributed by atoms with Crippen molar-refractivity contribution in [2.45, 2.75) is 6.61 Å². The van der Waals surface area contributed by atoms with E-state index in [0.717, 1.165) is 5.56 Å². The summed E-state index contributed by atoms with van der Waals surface area (Å²) < 4.78 is 0. The summed E-state index contributed by atoms with van der Waals surface area (Å²) in [6.45, 7) is 0.582. The van der Waals surface area contributed by atoms with E-state index in [9.17, 15) is 0 Å². The van der Waals surface area contributed by atoms with Gasteiger partial charge in [0.15, 0.2) is 0 Å². The molecule has 0 aliphatic heterocycles. The van der Waals surface area contributed by atoms with Crippen LogP contribution in [0.5, 0.6) is 0 Å². The van der Waals surface area contributed by atoms with Crippen molar-refractivity contribution in [3.8, 4) is 0 Å². The Balaban J connectivity index is 2.25. The summed E-state index contributed by atoms with van der Waals surface area (Å²) >= 11 is 0. The monoisotopic (exact) mass is 166 g/mol. The second-order valence-electron chi connectivity index (χ2n) is 2.76. The topological polar surface area (TPSA) is 24.5 Å². The highest BCUT2D eigenvalue weighted by molar-refractivity contribution is 5.13. The second kappa shape index (κ2) is 4.87. The molecule has 66 valence electrons. The zero-order valence-corrected chi connectivity index (χ0v) is 7.45. The first-order chi connectivity index (χ1) is 5.79. The molecule has 1 N–H and O–H groups in total. The molecule has 1 rings (SSSR count). The molecule has 0 aliphatic carbocycles. The van der Waals surface area contributed by atoms with E-state index in [1.807, 2.05) is 44.4 Å². The zero-order chi connectivity index (χ0) is 8.81. The van der Waals surface area contributed by atoms with Crippen LogP contribution in [0.4, 0.5) is 0 Å². The van der Waals surface area contributed by atoms with Gasteiger partial charge in [-0.2, -0.15) is 0 Å². The SMILES string of the molecule is CN(C)NOCc1ccccc1. The van der Waals surface area contributed by atoms with Gasteiger partial charge in [-0.05, 0) is 5.56 Å². The smallest absolute Gasteiger partial charge is 0.0949 e.